The first-order valence-electron chi connectivity index (χ1n) is 8.82. The number of guanidine groups is 1. The fourth-order valence-electron chi connectivity index (χ4n) is 2.50. The van der Waals surface area contributed by atoms with E-state index in [2.05, 4.69) is 25.6 Å². The number of aliphatic carboxylic acids is 1. The molecular formula is C18H25N7O3. The van der Waals surface area contributed by atoms with Crippen molar-refractivity contribution in [2.45, 2.75) is 32.0 Å². The fourth-order valence-corrected chi connectivity index (χ4v) is 2.50. The molecule has 0 saturated carbocycles. The third kappa shape index (κ3) is 7.08. The first-order valence-corrected chi connectivity index (χ1v) is 8.82. The number of imidazole rings is 1. The van der Waals surface area contributed by atoms with Gasteiger partial charge in [0.15, 0.2) is 5.96 Å². The lowest BCUT2D eigenvalue weighted by Gasteiger charge is -2.14. The number of carboxylic acid groups (broad SMARTS) is 1. The molecule has 0 unspecified atom stereocenters. The third-order valence-corrected chi connectivity index (χ3v) is 3.94. The van der Waals surface area contributed by atoms with Crippen LogP contribution in [-0.4, -0.2) is 45.5 Å². The maximum Gasteiger partial charge on any atom is 0.326 e. The highest BCUT2D eigenvalue weighted by Crippen LogP contribution is 2.07. The first-order chi connectivity index (χ1) is 13.5. The van der Waals surface area contributed by atoms with Crippen LogP contribution in [-0.2, 0) is 17.9 Å². The molecule has 28 heavy (non-hydrogen) atoms. The molecule has 1 amide bonds. The van der Waals surface area contributed by atoms with E-state index in [1.54, 1.807) is 24.5 Å². The Labute approximate surface area is 162 Å². The van der Waals surface area contributed by atoms with Gasteiger partial charge in [-0.3, -0.25) is 9.79 Å². The number of H-pyrrole nitrogens is 1. The zero-order chi connectivity index (χ0) is 20.4. The standard InChI is InChI=1S/C18H25N7O3/c19-18(20)24-7-1-2-14(17(27)28)25-16(26)13-5-3-12(4-6-13)10-21-11-15-22-8-9-23-15/h3-6,8-9,14,21H,1-2,7,10-11H2,(H,22,23)(H,25,26)(H,27,28)(H4,19,20,24)/t14-/m0/s1. The second-order valence-corrected chi connectivity index (χ2v) is 6.15. The van der Waals surface area contributed by atoms with Gasteiger partial charge >= 0.3 is 5.97 Å². The Bertz CT molecular complexity index is 784. The van der Waals surface area contributed by atoms with E-state index in [1.807, 2.05) is 12.1 Å². The van der Waals surface area contributed by atoms with E-state index in [0.29, 0.717) is 31.6 Å². The summed E-state index contributed by atoms with van der Waals surface area (Å²) < 4.78 is 0. The summed E-state index contributed by atoms with van der Waals surface area (Å²) >= 11 is 0. The minimum atomic E-state index is -1.10. The number of benzene rings is 1. The number of hydrogen-bond donors (Lipinski definition) is 6. The summed E-state index contributed by atoms with van der Waals surface area (Å²) in [6, 6.07) is 5.96. The summed E-state index contributed by atoms with van der Waals surface area (Å²) in [5, 5.41) is 15.0. The number of aliphatic imine (C=N–C) groups is 1. The smallest absolute Gasteiger partial charge is 0.326 e. The lowest BCUT2D eigenvalue weighted by atomic mass is 10.1. The van der Waals surface area contributed by atoms with Gasteiger partial charge in [-0.25, -0.2) is 9.78 Å². The molecule has 2 aromatic rings. The molecule has 0 aliphatic rings. The zero-order valence-corrected chi connectivity index (χ0v) is 15.4. The van der Waals surface area contributed by atoms with Crippen molar-refractivity contribution in [3.8, 4) is 0 Å². The molecule has 0 aliphatic heterocycles. The number of nitrogens with two attached hydrogens (primary N) is 2. The van der Waals surface area contributed by atoms with Crippen molar-refractivity contribution in [3.05, 3.63) is 53.6 Å². The van der Waals surface area contributed by atoms with E-state index >= 15 is 0 Å². The van der Waals surface area contributed by atoms with E-state index in [0.717, 1.165) is 11.4 Å². The van der Waals surface area contributed by atoms with Crippen molar-refractivity contribution in [3.63, 3.8) is 0 Å². The molecule has 0 fully saturated rings. The number of aromatic amines is 1. The monoisotopic (exact) mass is 387 g/mol. The molecular weight excluding hydrogens is 362 g/mol. The Balaban J connectivity index is 1.82. The largest absolute Gasteiger partial charge is 0.480 e. The minimum Gasteiger partial charge on any atom is -0.480 e. The van der Waals surface area contributed by atoms with Crippen LogP contribution >= 0.6 is 0 Å². The van der Waals surface area contributed by atoms with Crippen LogP contribution in [0.25, 0.3) is 0 Å². The van der Waals surface area contributed by atoms with Crippen LogP contribution < -0.4 is 22.1 Å². The van der Waals surface area contributed by atoms with Crippen molar-refractivity contribution in [2.75, 3.05) is 6.54 Å². The maximum absolute atomic E-state index is 12.3. The Morgan fingerprint density at radius 3 is 2.57 bits per heavy atom. The molecule has 0 saturated heterocycles. The number of carboxylic acids is 1. The van der Waals surface area contributed by atoms with E-state index in [9.17, 15) is 14.7 Å². The third-order valence-electron chi connectivity index (χ3n) is 3.94. The normalized spacial score (nSPS) is 11.6. The Morgan fingerprint density at radius 1 is 1.21 bits per heavy atom. The summed E-state index contributed by atoms with van der Waals surface area (Å²) in [5.41, 5.74) is 11.8. The molecule has 150 valence electrons. The van der Waals surface area contributed by atoms with E-state index in [1.165, 1.54) is 0 Å². The van der Waals surface area contributed by atoms with Gasteiger partial charge < -0.3 is 32.2 Å². The predicted octanol–water partition coefficient (Wildman–Crippen LogP) is -0.0639. The highest BCUT2D eigenvalue weighted by Gasteiger charge is 2.20. The number of amides is 1. The second-order valence-electron chi connectivity index (χ2n) is 6.15. The molecule has 8 N–H and O–H groups in total. The molecule has 10 nitrogen and oxygen atoms in total. The van der Waals surface area contributed by atoms with Crippen molar-refractivity contribution < 1.29 is 14.7 Å². The van der Waals surface area contributed by atoms with Crippen LogP contribution in [0.1, 0.15) is 34.6 Å². The molecule has 1 aromatic heterocycles. The average Bonchev–Trinajstić information content (AvgIpc) is 3.17. The maximum atomic E-state index is 12.3. The number of aromatic nitrogens is 2. The lowest BCUT2D eigenvalue weighted by Crippen LogP contribution is -2.40. The van der Waals surface area contributed by atoms with Crippen LogP contribution in [0.4, 0.5) is 0 Å². The van der Waals surface area contributed by atoms with Crippen LogP contribution in [0.2, 0.25) is 0 Å². The summed E-state index contributed by atoms with van der Waals surface area (Å²) in [5.74, 6) is -0.744. The van der Waals surface area contributed by atoms with Gasteiger partial charge in [-0.2, -0.15) is 0 Å². The number of nitrogens with one attached hydrogen (secondary N) is 3. The number of nitrogens with zero attached hydrogens (tertiary/aromatic N) is 2. The molecule has 0 bridgehead atoms. The number of carbonyl (C=O) groups is 2. The Kier molecular flexibility index (Phi) is 7.97. The fraction of sp³-hybridized carbons (Fsp3) is 0.333. The first kappa shape index (κ1) is 20.9. The molecule has 1 heterocycles. The predicted molar refractivity (Wildman–Crippen MR) is 104 cm³/mol. The van der Waals surface area contributed by atoms with Crippen molar-refractivity contribution in [2.24, 2.45) is 16.5 Å². The molecule has 0 aliphatic carbocycles. The summed E-state index contributed by atoms with van der Waals surface area (Å²) in [7, 11) is 0. The average molecular weight is 387 g/mol. The molecule has 1 atom stereocenters. The van der Waals surface area contributed by atoms with Gasteiger partial charge in [0, 0.05) is 31.0 Å². The summed E-state index contributed by atoms with van der Waals surface area (Å²) in [6.07, 6.45) is 4.12. The SMILES string of the molecule is NC(N)=NCCC[C@H](NC(=O)c1ccc(CNCc2ncc[nH]2)cc1)C(=O)O. The summed E-state index contributed by atoms with van der Waals surface area (Å²) in [6.45, 7) is 1.53. The molecule has 0 spiro atoms. The van der Waals surface area contributed by atoms with Crippen LogP contribution in [0, 0.1) is 0 Å². The zero-order valence-electron chi connectivity index (χ0n) is 15.4. The van der Waals surface area contributed by atoms with Crippen molar-refractivity contribution in [1.82, 2.24) is 20.6 Å². The second kappa shape index (κ2) is 10.7. The lowest BCUT2D eigenvalue weighted by molar-refractivity contribution is -0.139. The number of rotatable bonds is 11. The minimum absolute atomic E-state index is 0.0466. The molecule has 10 heteroatoms. The highest BCUT2D eigenvalue weighted by molar-refractivity contribution is 5.96. The molecule has 0 radical (unpaired) electrons. The quantitative estimate of drug-likeness (QED) is 0.178. The van der Waals surface area contributed by atoms with Crippen molar-refractivity contribution in [1.29, 1.82) is 0 Å². The highest BCUT2D eigenvalue weighted by atomic mass is 16.4. The molecule has 2 rings (SSSR count). The number of carbonyl (C=O) groups excluding carboxylic acids is 1. The number of hydrogen-bond acceptors (Lipinski definition) is 5. The van der Waals surface area contributed by atoms with Crippen LogP contribution in [0.5, 0.6) is 0 Å². The van der Waals surface area contributed by atoms with Gasteiger partial charge in [-0.1, -0.05) is 12.1 Å². The van der Waals surface area contributed by atoms with Crippen molar-refractivity contribution >= 4 is 17.8 Å². The van der Waals surface area contributed by atoms with Gasteiger partial charge in [0.1, 0.15) is 11.9 Å². The van der Waals surface area contributed by atoms with E-state index in [4.69, 9.17) is 11.5 Å². The van der Waals surface area contributed by atoms with Gasteiger partial charge in [-0.05, 0) is 30.5 Å². The summed E-state index contributed by atoms with van der Waals surface area (Å²) in [4.78, 5) is 34.6. The van der Waals surface area contributed by atoms with Gasteiger partial charge in [0.05, 0.1) is 6.54 Å². The molecule has 1 aromatic carbocycles. The van der Waals surface area contributed by atoms with Gasteiger partial charge in [0.25, 0.3) is 5.91 Å². The Morgan fingerprint density at radius 2 is 1.96 bits per heavy atom. The van der Waals surface area contributed by atoms with E-state index in [-0.39, 0.29) is 12.4 Å². The van der Waals surface area contributed by atoms with E-state index < -0.39 is 17.9 Å². The van der Waals surface area contributed by atoms with Gasteiger partial charge in [-0.15, -0.1) is 0 Å². The Hall–Kier alpha value is -3.40. The van der Waals surface area contributed by atoms with Crippen LogP contribution in [0.3, 0.4) is 0 Å². The van der Waals surface area contributed by atoms with Crippen LogP contribution in [0.15, 0.2) is 41.7 Å². The topological polar surface area (TPSA) is 172 Å². The van der Waals surface area contributed by atoms with Gasteiger partial charge in [0.2, 0.25) is 0 Å².